The van der Waals surface area contributed by atoms with Gasteiger partial charge in [0, 0.05) is 6.42 Å². The van der Waals surface area contributed by atoms with Gasteiger partial charge in [-0.1, -0.05) is 45.0 Å². The zero-order valence-corrected chi connectivity index (χ0v) is 16.1. The predicted octanol–water partition coefficient (Wildman–Crippen LogP) is 5.15. The summed E-state index contributed by atoms with van der Waals surface area (Å²) in [4.78, 5) is 12.0. The second-order valence-electron chi connectivity index (χ2n) is 7.08. The van der Waals surface area contributed by atoms with E-state index in [4.69, 9.17) is 14.2 Å². The van der Waals surface area contributed by atoms with Crippen molar-refractivity contribution in [3.05, 3.63) is 54.1 Å². The standard InChI is InChI=1S/C22H28O4/c1-5-24-19-9-6-7-10-20(19)26-21(23)11-8-16-25-18-14-12-17(13-15-18)22(2,3)4/h6-7,9-10,12-15H,5,8,11,16H2,1-4H3. The summed E-state index contributed by atoms with van der Waals surface area (Å²) >= 11 is 0. The van der Waals surface area contributed by atoms with Crippen LogP contribution in [0.1, 0.15) is 46.1 Å². The molecule has 0 amide bonds. The lowest BCUT2D eigenvalue weighted by molar-refractivity contribution is -0.134. The largest absolute Gasteiger partial charge is 0.494 e. The quantitative estimate of drug-likeness (QED) is 0.373. The van der Waals surface area contributed by atoms with Gasteiger partial charge in [-0.05, 0) is 48.6 Å². The first kappa shape index (κ1) is 19.8. The summed E-state index contributed by atoms with van der Waals surface area (Å²) in [6.07, 6.45) is 0.886. The molecular formula is C22H28O4. The summed E-state index contributed by atoms with van der Waals surface area (Å²) in [5.41, 5.74) is 1.39. The molecule has 0 heterocycles. The zero-order chi connectivity index (χ0) is 19.0. The average Bonchev–Trinajstić information content (AvgIpc) is 2.60. The molecule has 4 nitrogen and oxygen atoms in total. The Balaban J connectivity index is 1.75. The molecule has 140 valence electrons. The fraction of sp³-hybridized carbons (Fsp3) is 0.409. The van der Waals surface area contributed by atoms with Crippen molar-refractivity contribution in [2.75, 3.05) is 13.2 Å². The van der Waals surface area contributed by atoms with E-state index in [1.54, 1.807) is 12.1 Å². The van der Waals surface area contributed by atoms with Gasteiger partial charge >= 0.3 is 5.97 Å². The molecule has 0 aliphatic rings. The molecule has 2 rings (SSSR count). The van der Waals surface area contributed by atoms with E-state index in [0.29, 0.717) is 37.6 Å². The Morgan fingerprint density at radius 2 is 1.58 bits per heavy atom. The van der Waals surface area contributed by atoms with Crippen LogP contribution >= 0.6 is 0 Å². The van der Waals surface area contributed by atoms with Crippen molar-refractivity contribution in [2.24, 2.45) is 0 Å². The second-order valence-corrected chi connectivity index (χ2v) is 7.08. The van der Waals surface area contributed by atoms with Gasteiger partial charge in [-0.3, -0.25) is 4.79 Å². The highest BCUT2D eigenvalue weighted by molar-refractivity contribution is 5.73. The summed E-state index contributed by atoms with van der Waals surface area (Å²) in [5.74, 6) is 1.56. The van der Waals surface area contributed by atoms with E-state index in [1.807, 2.05) is 31.2 Å². The SMILES string of the molecule is CCOc1ccccc1OC(=O)CCCOc1ccc(C(C)(C)C)cc1. The first-order chi connectivity index (χ1) is 12.4. The number of esters is 1. The minimum atomic E-state index is -0.288. The molecule has 2 aromatic carbocycles. The molecule has 0 saturated carbocycles. The van der Waals surface area contributed by atoms with Crippen LogP contribution in [0.25, 0.3) is 0 Å². The van der Waals surface area contributed by atoms with Crippen LogP contribution in [0.4, 0.5) is 0 Å². The molecule has 0 bridgehead atoms. The molecular weight excluding hydrogens is 328 g/mol. The van der Waals surface area contributed by atoms with E-state index in [0.717, 1.165) is 5.75 Å². The Labute approximate surface area is 156 Å². The van der Waals surface area contributed by atoms with E-state index < -0.39 is 0 Å². The third kappa shape index (κ3) is 6.10. The molecule has 0 aliphatic carbocycles. The van der Waals surface area contributed by atoms with Gasteiger partial charge in [0.1, 0.15) is 5.75 Å². The third-order valence-corrected chi connectivity index (χ3v) is 3.89. The van der Waals surface area contributed by atoms with E-state index in [-0.39, 0.29) is 11.4 Å². The van der Waals surface area contributed by atoms with Gasteiger partial charge in [0.25, 0.3) is 0 Å². The maximum atomic E-state index is 12.0. The lowest BCUT2D eigenvalue weighted by Crippen LogP contribution is -2.11. The smallest absolute Gasteiger partial charge is 0.311 e. The molecule has 0 radical (unpaired) electrons. The van der Waals surface area contributed by atoms with Crippen LogP contribution in [0.15, 0.2) is 48.5 Å². The normalized spacial score (nSPS) is 11.1. The van der Waals surface area contributed by atoms with Crippen LogP contribution in [-0.4, -0.2) is 19.2 Å². The van der Waals surface area contributed by atoms with E-state index >= 15 is 0 Å². The maximum absolute atomic E-state index is 12.0. The van der Waals surface area contributed by atoms with Crippen LogP contribution in [0.3, 0.4) is 0 Å². The molecule has 0 unspecified atom stereocenters. The summed E-state index contributed by atoms with van der Waals surface area (Å²) in [6, 6.07) is 15.3. The van der Waals surface area contributed by atoms with Gasteiger partial charge in [0.05, 0.1) is 13.2 Å². The first-order valence-electron chi connectivity index (χ1n) is 9.06. The van der Waals surface area contributed by atoms with Crippen LogP contribution in [0, 0.1) is 0 Å². The Bertz CT molecular complexity index is 699. The molecule has 0 saturated heterocycles. The summed E-state index contributed by atoms with van der Waals surface area (Å²) in [5, 5.41) is 0. The first-order valence-corrected chi connectivity index (χ1v) is 9.06. The second kappa shape index (κ2) is 9.27. The van der Waals surface area contributed by atoms with E-state index in [9.17, 15) is 4.79 Å². The number of carbonyl (C=O) groups is 1. The molecule has 0 N–H and O–H groups in total. The van der Waals surface area contributed by atoms with Crippen molar-refractivity contribution in [1.29, 1.82) is 0 Å². The maximum Gasteiger partial charge on any atom is 0.311 e. The van der Waals surface area contributed by atoms with Crippen LogP contribution in [0.2, 0.25) is 0 Å². The lowest BCUT2D eigenvalue weighted by atomic mass is 9.87. The highest BCUT2D eigenvalue weighted by Crippen LogP contribution is 2.27. The van der Waals surface area contributed by atoms with Gasteiger partial charge in [0.15, 0.2) is 11.5 Å². The van der Waals surface area contributed by atoms with Gasteiger partial charge in [-0.2, -0.15) is 0 Å². The number of hydrogen-bond donors (Lipinski definition) is 0. The van der Waals surface area contributed by atoms with Crippen molar-refractivity contribution in [2.45, 2.75) is 46.0 Å². The highest BCUT2D eigenvalue weighted by atomic mass is 16.6. The van der Waals surface area contributed by atoms with Crippen LogP contribution in [-0.2, 0) is 10.2 Å². The molecule has 0 aliphatic heterocycles. The van der Waals surface area contributed by atoms with E-state index in [1.165, 1.54) is 5.56 Å². The number of benzene rings is 2. The van der Waals surface area contributed by atoms with Gasteiger partial charge in [-0.15, -0.1) is 0 Å². The van der Waals surface area contributed by atoms with Crippen molar-refractivity contribution in [1.82, 2.24) is 0 Å². The van der Waals surface area contributed by atoms with Gasteiger partial charge < -0.3 is 14.2 Å². The third-order valence-electron chi connectivity index (χ3n) is 3.89. The molecule has 0 aromatic heterocycles. The van der Waals surface area contributed by atoms with Crippen molar-refractivity contribution >= 4 is 5.97 Å². The minimum Gasteiger partial charge on any atom is -0.494 e. The van der Waals surface area contributed by atoms with Crippen LogP contribution in [0.5, 0.6) is 17.2 Å². The molecule has 2 aromatic rings. The van der Waals surface area contributed by atoms with Crippen LogP contribution < -0.4 is 14.2 Å². The monoisotopic (exact) mass is 356 g/mol. The molecule has 0 spiro atoms. The Morgan fingerprint density at radius 3 is 2.19 bits per heavy atom. The minimum absolute atomic E-state index is 0.125. The number of ether oxygens (including phenoxy) is 3. The fourth-order valence-electron chi connectivity index (χ4n) is 2.44. The number of carbonyl (C=O) groups excluding carboxylic acids is 1. The number of hydrogen-bond acceptors (Lipinski definition) is 4. The predicted molar refractivity (Wildman–Crippen MR) is 103 cm³/mol. The van der Waals surface area contributed by atoms with E-state index in [2.05, 4.69) is 32.9 Å². The lowest BCUT2D eigenvalue weighted by Gasteiger charge is -2.19. The summed E-state index contributed by atoms with van der Waals surface area (Å²) in [7, 11) is 0. The van der Waals surface area contributed by atoms with Crippen molar-refractivity contribution in [3.63, 3.8) is 0 Å². The zero-order valence-electron chi connectivity index (χ0n) is 16.1. The Kier molecular flexibility index (Phi) is 7.07. The molecule has 0 fully saturated rings. The van der Waals surface area contributed by atoms with Gasteiger partial charge in [0.2, 0.25) is 0 Å². The van der Waals surface area contributed by atoms with Crippen molar-refractivity contribution in [3.8, 4) is 17.2 Å². The summed E-state index contributed by atoms with van der Waals surface area (Å²) < 4.78 is 16.5. The summed E-state index contributed by atoms with van der Waals surface area (Å²) in [6.45, 7) is 9.42. The Hall–Kier alpha value is -2.49. The molecule has 0 atom stereocenters. The molecule has 26 heavy (non-hydrogen) atoms. The van der Waals surface area contributed by atoms with Crippen molar-refractivity contribution < 1.29 is 19.0 Å². The Morgan fingerprint density at radius 1 is 0.923 bits per heavy atom. The number of rotatable bonds is 8. The molecule has 4 heteroatoms. The average molecular weight is 356 g/mol. The number of para-hydroxylation sites is 2. The van der Waals surface area contributed by atoms with Gasteiger partial charge in [-0.25, -0.2) is 0 Å². The topological polar surface area (TPSA) is 44.8 Å². The highest BCUT2D eigenvalue weighted by Gasteiger charge is 2.13. The fourth-order valence-corrected chi connectivity index (χ4v) is 2.44.